The van der Waals surface area contributed by atoms with Crippen molar-refractivity contribution in [1.29, 1.82) is 0 Å². The summed E-state index contributed by atoms with van der Waals surface area (Å²) in [4.78, 5) is 40.3. The van der Waals surface area contributed by atoms with Gasteiger partial charge in [-0.3, -0.25) is 4.79 Å². The van der Waals surface area contributed by atoms with Gasteiger partial charge in [-0.25, -0.2) is 9.59 Å². The smallest absolute Gasteiger partial charge is 0.407 e. The van der Waals surface area contributed by atoms with E-state index in [0.29, 0.717) is 19.4 Å². The molecule has 1 heterocycles. The molecule has 2 aromatic carbocycles. The fraction of sp³-hybridized carbons (Fsp3) is 0.464. The van der Waals surface area contributed by atoms with Gasteiger partial charge in [-0.1, -0.05) is 60.7 Å². The van der Waals surface area contributed by atoms with E-state index >= 15 is 0 Å². The van der Waals surface area contributed by atoms with Crippen molar-refractivity contribution in [3.8, 4) is 0 Å². The Morgan fingerprint density at radius 2 is 1.61 bits per heavy atom. The van der Waals surface area contributed by atoms with E-state index in [1.54, 1.807) is 20.8 Å². The van der Waals surface area contributed by atoms with Crippen LogP contribution in [0.2, 0.25) is 0 Å². The number of nitrogens with one attached hydrogen (secondary N) is 1. The lowest BCUT2D eigenvalue weighted by atomic mass is 9.97. The van der Waals surface area contributed by atoms with Gasteiger partial charge in [-0.2, -0.15) is 0 Å². The van der Waals surface area contributed by atoms with Crippen LogP contribution in [0.25, 0.3) is 0 Å². The highest BCUT2D eigenvalue weighted by Gasteiger charge is 2.40. The number of hydrogen-bond acceptors (Lipinski definition) is 6. The molecule has 1 fully saturated rings. The van der Waals surface area contributed by atoms with Crippen molar-refractivity contribution < 1.29 is 29.0 Å². The number of likely N-dealkylation sites (tertiary alicyclic amines) is 1. The third-order valence-electron chi connectivity index (χ3n) is 5.91. The minimum absolute atomic E-state index is 0.0572. The van der Waals surface area contributed by atoms with Crippen LogP contribution < -0.4 is 5.32 Å². The fourth-order valence-corrected chi connectivity index (χ4v) is 4.18. The highest BCUT2D eigenvalue weighted by Crippen LogP contribution is 2.23. The second kappa shape index (κ2) is 12.5. The molecule has 1 unspecified atom stereocenters. The summed E-state index contributed by atoms with van der Waals surface area (Å²) >= 11 is 0. The molecule has 0 bridgehead atoms. The van der Waals surface area contributed by atoms with Crippen LogP contribution in [0.15, 0.2) is 60.7 Å². The topological polar surface area (TPSA) is 105 Å². The van der Waals surface area contributed by atoms with Crippen molar-refractivity contribution in [2.75, 3.05) is 6.54 Å². The summed E-state index contributed by atoms with van der Waals surface area (Å²) in [7, 11) is 0. The minimum atomic E-state index is -1.57. The zero-order chi connectivity index (χ0) is 26.1. The Bertz CT molecular complexity index is 1010. The quantitative estimate of drug-likeness (QED) is 0.541. The van der Waals surface area contributed by atoms with E-state index < -0.39 is 41.8 Å². The maximum atomic E-state index is 13.4. The number of aliphatic hydroxyl groups excluding tert-OH is 1. The molecule has 8 heteroatoms. The Hall–Kier alpha value is -3.39. The second-order valence-electron chi connectivity index (χ2n) is 10.0. The third-order valence-corrected chi connectivity index (χ3v) is 5.91. The molecule has 2 aromatic rings. The van der Waals surface area contributed by atoms with Crippen molar-refractivity contribution in [2.24, 2.45) is 0 Å². The molecular weight excluding hydrogens is 460 g/mol. The summed E-state index contributed by atoms with van der Waals surface area (Å²) in [5.74, 6) is -1.10. The van der Waals surface area contributed by atoms with E-state index in [0.717, 1.165) is 17.5 Å². The molecule has 1 saturated heterocycles. The van der Waals surface area contributed by atoms with Gasteiger partial charge in [-0.15, -0.1) is 0 Å². The summed E-state index contributed by atoms with van der Waals surface area (Å²) in [6.07, 6.45) is -0.149. The summed E-state index contributed by atoms with van der Waals surface area (Å²) in [5, 5.41) is 13.8. The van der Waals surface area contributed by atoms with Crippen LogP contribution in [0.5, 0.6) is 0 Å². The molecule has 2 N–H and O–H groups in total. The molecule has 0 radical (unpaired) electrons. The van der Waals surface area contributed by atoms with E-state index in [4.69, 9.17) is 9.47 Å². The number of carbonyl (C=O) groups excluding carboxylic acids is 3. The number of carbonyl (C=O) groups is 3. The first-order valence-electron chi connectivity index (χ1n) is 12.4. The SMILES string of the molecule is CC(C)(C)OC(=O)[C@@H]1CCCCN1C(=O)C(O)[C@H](Cc1ccccc1)NC(=O)OCc1ccccc1. The predicted octanol–water partition coefficient (Wildman–Crippen LogP) is 3.61. The van der Waals surface area contributed by atoms with Gasteiger partial charge in [0.05, 0.1) is 6.04 Å². The third kappa shape index (κ3) is 8.09. The monoisotopic (exact) mass is 496 g/mol. The lowest BCUT2D eigenvalue weighted by Crippen LogP contribution is -2.58. The molecule has 3 atom stereocenters. The van der Waals surface area contributed by atoms with Gasteiger partial charge in [0, 0.05) is 6.54 Å². The molecule has 1 aliphatic heterocycles. The van der Waals surface area contributed by atoms with Crippen LogP contribution in [0.4, 0.5) is 4.79 Å². The lowest BCUT2D eigenvalue weighted by Gasteiger charge is -2.38. The van der Waals surface area contributed by atoms with Gasteiger partial charge in [0.25, 0.3) is 5.91 Å². The molecule has 0 aromatic heterocycles. The van der Waals surface area contributed by atoms with E-state index in [1.165, 1.54) is 4.90 Å². The Kier molecular flexibility index (Phi) is 9.47. The van der Waals surface area contributed by atoms with Crippen LogP contribution in [0, 0.1) is 0 Å². The van der Waals surface area contributed by atoms with Crippen molar-refractivity contribution in [1.82, 2.24) is 10.2 Å². The Balaban J connectivity index is 1.73. The van der Waals surface area contributed by atoms with Crippen molar-refractivity contribution in [3.05, 3.63) is 71.8 Å². The number of amides is 2. The standard InChI is InChI=1S/C28H36N2O6/c1-28(2,3)36-26(33)23-16-10-11-17-30(23)25(32)24(31)22(18-20-12-6-4-7-13-20)29-27(34)35-19-21-14-8-5-9-15-21/h4-9,12-15,22-24,31H,10-11,16-19H2,1-3H3,(H,29,34)/t22-,23-,24?/m0/s1. The molecule has 0 aliphatic carbocycles. The number of piperidine rings is 1. The highest BCUT2D eigenvalue weighted by molar-refractivity contribution is 5.88. The first-order chi connectivity index (χ1) is 17.1. The first-order valence-corrected chi connectivity index (χ1v) is 12.4. The summed E-state index contributed by atoms with van der Waals surface area (Å²) in [6.45, 7) is 5.71. The molecule has 1 aliphatic rings. The molecule has 36 heavy (non-hydrogen) atoms. The van der Waals surface area contributed by atoms with E-state index in [-0.39, 0.29) is 13.0 Å². The van der Waals surface area contributed by atoms with E-state index in [9.17, 15) is 19.5 Å². The number of hydrogen-bond donors (Lipinski definition) is 2. The number of alkyl carbamates (subject to hydrolysis) is 1. The zero-order valence-electron chi connectivity index (χ0n) is 21.2. The van der Waals surface area contributed by atoms with E-state index in [2.05, 4.69) is 5.32 Å². The Morgan fingerprint density at radius 1 is 1.00 bits per heavy atom. The molecule has 2 amide bonds. The Morgan fingerprint density at radius 3 is 2.22 bits per heavy atom. The van der Waals surface area contributed by atoms with Crippen molar-refractivity contribution in [2.45, 2.75) is 76.9 Å². The molecule has 194 valence electrons. The van der Waals surface area contributed by atoms with Crippen LogP contribution in [0.3, 0.4) is 0 Å². The van der Waals surface area contributed by atoms with Crippen LogP contribution >= 0.6 is 0 Å². The first kappa shape index (κ1) is 27.2. The van der Waals surface area contributed by atoms with Crippen LogP contribution in [-0.2, 0) is 32.1 Å². The molecule has 0 spiro atoms. The summed E-state index contributed by atoms with van der Waals surface area (Å²) in [6, 6.07) is 16.8. The fourth-order valence-electron chi connectivity index (χ4n) is 4.18. The van der Waals surface area contributed by atoms with Crippen LogP contribution in [0.1, 0.15) is 51.2 Å². The summed E-state index contributed by atoms with van der Waals surface area (Å²) in [5.41, 5.74) is 0.958. The van der Waals surface area contributed by atoms with Gasteiger partial charge in [0.15, 0.2) is 6.10 Å². The number of aliphatic hydroxyl groups is 1. The largest absolute Gasteiger partial charge is 0.458 e. The van der Waals surface area contributed by atoms with Crippen molar-refractivity contribution in [3.63, 3.8) is 0 Å². The van der Waals surface area contributed by atoms with Gasteiger partial charge >= 0.3 is 12.1 Å². The normalized spacial score (nSPS) is 17.6. The minimum Gasteiger partial charge on any atom is -0.458 e. The number of ether oxygens (including phenoxy) is 2. The number of esters is 1. The predicted molar refractivity (Wildman–Crippen MR) is 135 cm³/mol. The summed E-state index contributed by atoms with van der Waals surface area (Å²) < 4.78 is 10.9. The maximum Gasteiger partial charge on any atom is 0.407 e. The maximum absolute atomic E-state index is 13.4. The number of benzene rings is 2. The Labute approximate surface area is 212 Å². The molecule has 3 rings (SSSR count). The highest BCUT2D eigenvalue weighted by atomic mass is 16.6. The van der Waals surface area contributed by atoms with Gasteiger partial charge in [-0.05, 0) is 57.6 Å². The molecule has 8 nitrogen and oxygen atoms in total. The van der Waals surface area contributed by atoms with Crippen molar-refractivity contribution >= 4 is 18.0 Å². The van der Waals surface area contributed by atoms with Crippen LogP contribution in [-0.4, -0.2) is 58.3 Å². The zero-order valence-corrected chi connectivity index (χ0v) is 21.2. The van der Waals surface area contributed by atoms with Gasteiger partial charge in [0.2, 0.25) is 0 Å². The molecular formula is C28H36N2O6. The average molecular weight is 497 g/mol. The van der Waals surface area contributed by atoms with E-state index in [1.807, 2.05) is 60.7 Å². The number of nitrogens with zero attached hydrogens (tertiary/aromatic N) is 1. The average Bonchev–Trinajstić information content (AvgIpc) is 2.86. The second-order valence-corrected chi connectivity index (χ2v) is 10.0. The van der Waals surface area contributed by atoms with Gasteiger partial charge in [0.1, 0.15) is 18.2 Å². The molecule has 0 saturated carbocycles. The lowest BCUT2D eigenvalue weighted by molar-refractivity contribution is -0.169. The van der Waals surface area contributed by atoms with Gasteiger partial charge < -0.3 is 24.8 Å². The number of rotatable bonds is 8.